The van der Waals surface area contributed by atoms with E-state index in [0.717, 1.165) is 11.0 Å². The zero-order valence-electron chi connectivity index (χ0n) is 19.7. The molecule has 1 N–H and O–H groups in total. The van der Waals surface area contributed by atoms with Gasteiger partial charge in [0.25, 0.3) is 5.91 Å². The van der Waals surface area contributed by atoms with Crippen molar-refractivity contribution in [3.8, 4) is 0 Å². The third-order valence-electron chi connectivity index (χ3n) is 6.17. The SMILES string of the molecule is CCn1c(=O)n(CCC(=O)OC(C)C(=O)N2c3ccccc3NC(=O)C2(C)C)c2ccccc21. The molecule has 0 saturated carbocycles. The summed E-state index contributed by atoms with van der Waals surface area (Å²) >= 11 is 0. The summed E-state index contributed by atoms with van der Waals surface area (Å²) in [6, 6.07) is 14.4. The largest absolute Gasteiger partial charge is 0.452 e. The maximum Gasteiger partial charge on any atom is 0.329 e. The molecule has 0 spiro atoms. The van der Waals surface area contributed by atoms with Gasteiger partial charge < -0.3 is 10.1 Å². The highest BCUT2D eigenvalue weighted by atomic mass is 16.5. The molecule has 0 saturated heterocycles. The van der Waals surface area contributed by atoms with Crippen LogP contribution in [0.4, 0.5) is 11.4 Å². The zero-order chi connectivity index (χ0) is 24.6. The summed E-state index contributed by atoms with van der Waals surface area (Å²) in [5, 5.41) is 2.80. The Bertz CT molecular complexity index is 1340. The third kappa shape index (κ3) is 3.87. The first-order valence-corrected chi connectivity index (χ1v) is 11.3. The number of aromatic nitrogens is 2. The minimum Gasteiger partial charge on any atom is -0.452 e. The normalized spacial score (nSPS) is 15.5. The highest BCUT2D eigenvalue weighted by Gasteiger charge is 2.45. The molecule has 1 aromatic heterocycles. The van der Waals surface area contributed by atoms with E-state index < -0.39 is 23.5 Å². The maximum atomic E-state index is 13.3. The van der Waals surface area contributed by atoms with E-state index in [2.05, 4.69) is 5.32 Å². The number of hydrogen-bond acceptors (Lipinski definition) is 5. The first-order valence-electron chi connectivity index (χ1n) is 11.3. The average molecular weight is 465 g/mol. The number of carbonyl (C=O) groups excluding carboxylic acids is 3. The Morgan fingerprint density at radius 1 is 1.00 bits per heavy atom. The number of rotatable bonds is 6. The van der Waals surface area contributed by atoms with Crippen LogP contribution in [0.1, 0.15) is 34.1 Å². The van der Waals surface area contributed by atoms with E-state index in [1.54, 1.807) is 47.2 Å². The number of anilines is 2. The molecule has 0 bridgehead atoms. The first-order chi connectivity index (χ1) is 16.2. The molecular formula is C25H28N4O5. The van der Waals surface area contributed by atoms with E-state index >= 15 is 0 Å². The molecule has 1 aliphatic rings. The topological polar surface area (TPSA) is 103 Å². The number of esters is 1. The summed E-state index contributed by atoms with van der Waals surface area (Å²) in [5.74, 6) is -1.43. The van der Waals surface area contributed by atoms with Crippen molar-refractivity contribution in [3.63, 3.8) is 0 Å². The molecule has 9 nitrogen and oxygen atoms in total. The van der Waals surface area contributed by atoms with Gasteiger partial charge in [0.05, 0.1) is 28.8 Å². The van der Waals surface area contributed by atoms with Crippen molar-refractivity contribution in [3.05, 3.63) is 59.0 Å². The van der Waals surface area contributed by atoms with Gasteiger partial charge in [0.2, 0.25) is 5.91 Å². The van der Waals surface area contributed by atoms with Crippen LogP contribution in [0.25, 0.3) is 11.0 Å². The number of ether oxygens (including phenoxy) is 1. The number of benzene rings is 2. The number of aryl methyl sites for hydroxylation is 2. The van der Waals surface area contributed by atoms with Crippen LogP contribution in [0, 0.1) is 0 Å². The average Bonchev–Trinajstić information content (AvgIpc) is 3.08. The number of nitrogens with one attached hydrogen (secondary N) is 1. The van der Waals surface area contributed by atoms with Crippen molar-refractivity contribution in [2.45, 2.75) is 58.8 Å². The van der Waals surface area contributed by atoms with Crippen molar-refractivity contribution in [1.82, 2.24) is 9.13 Å². The Kier molecular flexibility index (Phi) is 6.03. The van der Waals surface area contributed by atoms with Crippen LogP contribution in [0.5, 0.6) is 0 Å². The summed E-state index contributed by atoms with van der Waals surface area (Å²) in [5.41, 5.74) is 1.24. The third-order valence-corrected chi connectivity index (χ3v) is 6.17. The fraction of sp³-hybridized carbons (Fsp3) is 0.360. The van der Waals surface area contributed by atoms with Crippen LogP contribution in [-0.4, -0.2) is 38.6 Å². The van der Waals surface area contributed by atoms with E-state index in [9.17, 15) is 19.2 Å². The second kappa shape index (κ2) is 8.81. The van der Waals surface area contributed by atoms with Gasteiger partial charge in [-0.05, 0) is 52.0 Å². The van der Waals surface area contributed by atoms with Gasteiger partial charge in [0.1, 0.15) is 5.54 Å². The minimum absolute atomic E-state index is 0.0737. The zero-order valence-corrected chi connectivity index (χ0v) is 19.7. The van der Waals surface area contributed by atoms with Crippen LogP contribution < -0.4 is 15.9 Å². The maximum absolute atomic E-state index is 13.3. The van der Waals surface area contributed by atoms with Gasteiger partial charge >= 0.3 is 11.7 Å². The van der Waals surface area contributed by atoms with E-state index in [-0.39, 0.29) is 24.6 Å². The monoisotopic (exact) mass is 464 g/mol. The number of para-hydroxylation sites is 4. The van der Waals surface area contributed by atoms with Gasteiger partial charge in [-0.3, -0.25) is 28.4 Å². The first kappa shape index (κ1) is 23.3. The summed E-state index contributed by atoms with van der Waals surface area (Å²) in [6.07, 6.45) is -1.19. The molecular weight excluding hydrogens is 436 g/mol. The van der Waals surface area contributed by atoms with Gasteiger partial charge in [0, 0.05) is 13.1 Å². The fourth-order valence-electron chi connectivity index (χ4n) is 4.33. The van der Waals surface area contributed by atoms with Crippen molar-refractivity contribution < 1.29 is 19.1 Å². The summed E-state index contributed by atoms with van der Waals surface area (Å²) in [4.78, 5) is 52.7. The molecule has 0 aliphatic carbocycles. The highest BCUT2D eigenvalue weighted by Crippen LogP contribution is 2.37. The summed E-state index contributed by atoms with van der Waals surface area (Å²) < 4.78 is 8.62. The van der Waals surface area contributed by atoms with Gasteiger partial charge in [-0.1, -0.05) is 24.3 Å². The number of nitrogens with zero attached hydrogens (tertiary/aromatic N) is 3. The van der Waals surface area contributed by atoms with E-state index in [4.69, 9.17) is 4.74 Å². The van der Waals surface area contributed by atoms with Crippen molar-refractivity contribution >= 4 is 40.2 Å². The van der Waals surface area contributed by atoms with Gasteiger partial charge in [-0.15, -0.1) is 0 Å². The molecule has 178 valence electrons. The summed E-state index contributed by atoms with van der Waals surface area (Å²) in [6.45, 7) is 7.30. The molecule has 34 heavy (non-hydrogen) atoms. The molecule has 2 aromatic carbocycles. The van der Waals surface area contributed by atoms with Crippen molar-refractivity contribution in [2.75, 3.05) is 10.2 Å². The molecule has 1 aliphatic heterocycles. The predicted molar refractivity (Wildman–Crippen MR) is 129 cm³/mol. The molecule has 9 heteroatoms. The number of fused-ring (bicyclic) bond motifs is 2. The van der Waals surface area contributed by atoms with Gasteiger partial charge in [0.15, 0.2) is 6.10 Å². The van der Waals surface area contributed by atoms with Crippen LogP contribution in [0.15, 0.2) is 53.3 Å². The number of imidazole rings is 1. The minimum atomic E-state index is -1.17. The van der Waals surface area contributed by atoms with Crippen molar-refractivity contribution in [1.29, 1.82) is 0 Å². The van der Waals surface area contributed by atoms with E-state index in [0.29, 0.717) is 17.9 Å². The lowest BCUT2D eigenvalue weighted by Gasteiger charge is -2.42. The van der Waals surface area contributed by atoms with E-state index in [1.165, 1.54) is 11.8 Å². The van der Waals surface area contributed by atoms with Crippen LogP contribution in [-0.2, 0) is 32.2 Å². The lowest BCUT2D eigenvalue weighted by Crippen LogP contribution is -2.60. The molecule has 0 fully saturated rings. The second-order valence-electron chi connectivity index (χ2n) is 8.75. The predicted octanol–water partition coefficient (Wildman–Crippen LogP) is 2.91. The number of amides is 2. The molecule has 4 rings (SSSR count). The molecule has 2 amide bonds. The second-order valence-corrected chi connectivity index (χ2v) is 8.75. The quantitative estimate of drug-likeness (QED) is 0.565. The molecule has 0 radical (unpaired) electrons. The van der Waals surface area contributed by atoms with Crippen LogP contribution in [0.3, 0.4) is 0 Å². The standard InChI is InChI=1S/C25H28N4O5/c1-5-27-19-12-8-9-13-20(19)28(24(27)33)15-14-21(30)34-16(2)22(31)29-18-11-7-6-10-17(18)26-23(32)25(29,3)4/h6-13,16H,5,14-15H2,1-4H3,(H,26,32). The molecule has 2 heterocycles. The van der Waals surface area contributed by atoms with Gasteiger partial charge in [-0.25, -0.2) is 4.79 Å². The lowest BCUT2D eigenvalue weighted by molar-refractivity contribution is -0.154. The van der Waals surface area contributed by atoms with Crippen molar-refractivity contribution in [2.24, 2.45) is 0 Å². The lowest BCUT2D eigenvalue weighted by atomic mass is 9.95. The van der Waals surface area contributed by atoms with Crippen LogP contribution >= 0.6 is 0 Å². The number of carbonyl (C=O) groups is 3. The summed E-state index contributed by atoms with van der Waals surface area (Å²) in [7, 11) is 0. The fourth-order valence-corrected chi connectivity index (χ4v) is 4.33. The molecule has 1 unspecified atom stereocenters. The smallest absolute Gasteiger partial charge is 0.329 e. The van der Waals surface area contributed by atoms with E-state index in [1.807, 2.05) is 31.2 Å². The Morgan fingerprint density at radius 3 is 2.29 bits per heavy atom. The van der Waals surface area contributed by atoms with Crippen LogP contribution in [0.2, 0.25) is 0 Å². The van der Waals surface area contributed by atoms with Gasteiger partial charge in [-0.2, -0.15) is 0 Å². The Hall–Kier alpha value is -3.88. The highest BCUT2D eigenvalue weighted by molar-refractivity contribution is 6.15. The Labute approximate surface area is 196 Å². The Balaban J connectivity index is 1.49. The Morgan fingerprint density at radius 2 is 1.62 bits per heavy atom. The molecule has 3 aromatic rings. The number of hydrogen-bond donors (Lipinski definition) is 1. The molecule has 1 atom stereocenters.